The number of likely N-dealkylation sites (tertiary alicyclic amines) is 1. The van der Waals surface area contributed by atoms with E-state index in [0.717, 1.165) is 38.9 Å². The number of hydrogen-bond acceptors (Lipinski definition) is 4. The van der Waals surface area contributed by atoms with Gasteiger partial charge in [-0.1, -0.05) is 6.92 Å². The molecule has 5 heteroatoms. The van der Waals surface area contributed by atoms with Crippen molar-refractivity contribution in [3.8, 4) is 0 Å². The van der Waals surface area contributed by atoms with Gasteiger partial charge in [-0.3, -0.25) is 4.90 Å². The summed E-state index contributed by atoms with van der Waals surface area (Å²) in [5.74, 6) is 0.780. The van der Waals surface area contributed by atoms with Gasteiger partial charge >= 0.3 is 0 Å². The molecule has 2 fully saturated rings. The molecule has 0 aromatic carbocycles. The smallest absolute Gasteiger partial charge is 0.151 e. The van der Waals surface area contributed by atoms with Crippen LogP contribution >= 0.6 is 0 Å². The first-order chi connectivity index (χ1) is 8.61. The molecule has 2 unspecified atom stereocenters. The van der Waals surface area contributed by atoms with E-state index in [1.165, 1.54) is 12.8 Å². The molecule has 0 saturated carbocycles. The van der Waals surface area contributed by atoms with Crippen LogP contribution in [0.4, 0.5) is 0 Å². The first-order valence-electron chi connectivity index (χ1n) is 7.28. The van der Waals surface area contributed by atoms with Crippen molar-refractivity contribution in [1.29, 1.82) is 0 Å². The molecule has 0 aromatic rings. The molecule has 0 amide bonds. The number of nitrogens with one attached hydrogen (secondary N) is 1. The molecular formula is C13H26N2O2S. The van der Waals surface area contributed by atoms with Crippen LogP contribution in [0.5, 0.6) is 0 Å². The molecule has 4 nitrogen and oxygen atoms in total. The van der Waals surface area contributed by atoms with Crippen LogP contribution in [0.25, 0.3) is 0 Å². The van der Waals surface area contributed by atoms with Crippen molar-refractivity contribution >= 4 is 9.84 Å². The highest BCUT2D eigenvalue weighted by atomic mass is 32.2. The third-order valence-electron chi connectivity index (χ3n) is 4.09. The van der Waals surface area contributed by atoms with Crippen LogP contribution in [0.15, 0.2) is 0 Å². The Morgan fingerprint density at radius 3 is 2.83 bits per heavy atom. The lowest BCUT2D eigenvalue weighted by atomic mass is 10.0. The van der Waals surface area contributed by atoms with E-state index in [0.29, 0.717) is 17.5 Å². The minimum atomic E-state index is -2.78. The molecule has 2 heterocycles. The third kappa shape index (κ3) is 3.93. The van der Waals surface area contributed by atoms with E-state index < -0.39 is 9.84 Å². The summed E-state index contributed by atoms with van der Waals surface area (Å²) in [6, 6.07) is 0.832. The highest BCUT2D eigenvalue weighted by Gasteiger charge is 2.31. The van der Waals surface area contributed by atoms with Gasteiger partial charge < -0.3 is 5.32 Å². The number of piperidine rings is 1. The Morgan fingerprint density at radius 1 is 1.28 bits per heavy atom. The summed E-state index contributed by atoms with van der Waals surface area (Å²) in [7, 11) is -2.78. The van der Waals surface area contributed by atoms with Crippen molar-refractivity contribution in [3.63, 3.8) is 0 Å². The maximum absolute atomic E-state index is 11.7. The van der Waals surface area contributed by atoms with Crippen LogP contribution < -0.4 is 5.32 Å². The minimum Gasteiger partial charge on any atom is -0.313 e. The summed E-state index contributed by atoms with van der Waals surface area (Å²) < 4.78 is 23.4. The van der Waals surface area contributed by atoms with Crippen molar-refractivity contribution in [2.24, 2.45) is 0 Å². The zero-order valence-electron chi connectivity index (χ0n) is 11.4. The van der Waals surface area contributed by atoms with Crippen LogP contribution in [0.2, 0.25) is 0 Å². The zero-order chi connectivity index (χ0) is 13.0. The summed E-state index contributed by atoms with van der Waals surface area (Å²) in [4.78, 5) is 2.41. The highest BCUT2D eigenvalue weighted by molar-refractivity contribution is 7.91. The average Bonchev–Trinajstić information content (AvgIpc) is 2.35. The van der Waals surface area contributed by atoms with Crippen molar-refractivity contribution < 1.29 is 8.42 Å². The summed E-state index contributed by atoms with van der Waals surface area (Å²) in [6.07, 6.45) is 5.48. The number of nitrogens with zero attached hydrogens (tertiary/aromatic N) is 1. The van der Waals surface area contributed by atoms with Crippen LogP contribution in [-0.4, -0.2) is 56.5 Å². The molecule has 2 saturated heterocycles. The Hall–Kier alpha value is -0.130. The highest BCUT2D eigenvalue weighted by Crippen LogP contribution is 2.21. The topological polar surface area (TPSA) is 49.4 Å². The normalized spacial score (nSPS) is 33.4. The fraction of sp³-hybridized carbons (Fsp3) is 1.00. The Morgan fingerprint density at radius 2 is 2.11 bits per heavy atom. The standard InChI is InChI=1S/C13H26N2O2S/c1-2-7-14-12-5-3-8-15(10-12)13-6-4-9-18(16,17)11-13/h12-14H,2-11H2,1H3. The summed E-state index contributed by atoms with van der Waals surface area (Å²) in [5, 5.41) is 3.57. The molecule has 2 rings (SSSR count). The molecule has 0 bridgehead atoms. The van der Waals surface area contributed by atoms with E-state index in [2.05, 4.69) is 17.1 Å². The average molecular weight is 274 g/mol. The van der Waals surface area contributed by atoms with E-state index >= 15 is 0 Å². The lowest BCUT2D eigenvalue weighted by Crippen LogP contribution is -2.52. The Kier molecular flexibility index (Phi) is 5.04. The van der Waals surface area contributed by atoms with Gasteiger partial charge in [0.1, 0.15) is 0 Å². The van der Waals surface area contributed by atoms with Gasteiger partial charge in [-0.2, -0.15) is 0 Å². The maximum atomic E-state index is 11.7. The van der Waals surface area contributed by atoms with Gasteiger partial charge in [-0.25, -0.2) is 8.42 Å². The summed E-state index contributed by atoms with van der Waals surface area (Å²) in [6.45, 7) is 5.35. The second-order valence-corrected chi connectivity index (χ2v) is 7.93. The largest absolute Gasteiger partial charge is 0.313 e. The van der Waals surface area contributed by atoms with Crippen molar-refractivity contribution in [2.75, 3.05) is 31.1 Å². The van der Waals surface area contributed by atoms with Crippen LogP contribution in [0, 0.1) is 0 Å². The lowest BCUT2D eigenvalue weighted by Gasteiger charge is -2.40. The molecule has 106 valence electrons. The van der Waals surface area contributed by atoms with E-state index in [9.17, 15) is 8.42 Å². The predicted octanol–water partition coefficient (Wildman–Crippen LogP) is 1.03. The molecule has 1 N–H and O–H groups in total. The van der Waals surface area contributed by atoms with Gasteiger partial charge in [0.05, 0.1) is 11.5 Å². The fourth-order valence-corrected chi connectivity index (χ4v) is 4.88. The van der Waals surface area contributed by atoms with Crippen molar-refractivity contribution in [1.82, 2.24) is 10.2 Å². The first kappa shape index (κ1) is 14.3. The molecule has 0 aromatic heterocycles. The van der Waals surface area contributed by atoms with Crippen LogP contribution in [0.3, 0.4) is 0 Å². The van der Waals surface area contributed by atoms with E-state index in [4.69, 9.17) is 0 Å². The van der Waals surface area contributed by atoms with Crippen molar-refractivity contribution in [2.45, 2.75) is 51.1 Å². The number of rotatable bonds is 4. The number of sulfone groups is 1. The van der Waals surface area contributed by atoms with Gasteiger partial charge in [0.2, 0.25) is 0 Å². The van der Waals surface area contributed by atoms with Crippen LogP contribution in [-0.2, 0) is 9.84 Å². The van der Waals surface area contributed by atoms with Gasteiger partial charge in [-0.05, 0) is 45.2 Å². The first-order valence-corrected chi connectivity index (χ1v) is 9.11. The molecule has 2 aliphatic heterocycles. The lowest BCUT2D eigenvalue weighted by molar-refractivity contribution is 0.138. The summed E-state index contributed by atoms with van der Waals surface area (Å²) in [5.41, 5.74) is 0. The predicted molar refractivity (Wildman–Crippen MR) is 74.6 cm³/mol. The monoisotopic (exact) mass is 274 g/mol. The molecular weight excluding hydrogens is 248 g/mol. The molecule has 0 aliphatic carbocycles. The summed E-state index contributed by atoms with van der Waals surface area (Å²) >= 11 is 0. The minimum absolute atomic E-state index is 0.273. The molecule has 2 atom stereocenters. The second-order valence-electron chi connectivity index (χ2n) is 5.70. The number of hydrogen-bond donors (Lipinski definition) is 1. The molecule has 2 aliphatic rings. The maximum Gasteiger partial charge on any atom is 0.151 e. The Bertz CT molecular complexity index is 356. The van der Waals surface area contributed by atoms with Crippen molar-refractivity contribution in [3.05, 3.63) is 0 Å². The quantitative estimate of drug-likeness (QED) is 0.832. The SMILES string of the molecule is CCCNC1CCCN(C2CCCS(=O)(=O)C2)C1. The Balaban J connectivity index is 1.88. The second kappa shape index (κ2) is 6.35. The molecule has 18 heavy (non-hydrogen) atoms. The molecule has 0 radical (unpaired) electrons. The van der Waals surface area contributed by atoms with E-state index in [-0.39, 0.29) is 6.04 Å². The zero-order valence-corrected chi connectivity index (χ0v) is 12.2. The van der Waals surface area contributed by atoms with Crippen LogP contribution in [0.1, 0.15) is 39.0 Å². The Labute approximate surface area is 111 Å². The van der Waals surface area contributed by atoms with Gasteiger partial charge in [0.25, 0.3) is 0 Å². The van der Waals surface area contributed by atoms with Gasteiger partial charge in [-0.15, -0.1) is 0 Å². The fourth-order valence-electron chi connectivity index (χ4n) is 3.14. The molecule has 0 spiro atoms. The van der Waals surface area contributed by atoms with E-state index in [1.807, 2.05) is 0 Å². The third-order valence-corrected chi connectivity index (χ3v) is 5.89. The van der Waals surface area contributed by atoms with E-state index in [1.54, 1.807) is 0 Å². The van der Waals surface area contributed by atoms with Gasteiger partial charge in [0, 0.05) is 18.6 Å². The van der Waals surface area contributed by atoms with Gasteiger partial charge in [0.15, 0.2) is 9.84 Å².